The van der Waals surface area contributed by atoms with Gasteiger partial charge in [-0.3, -0.25) is 9.59 Å². The summed E-state index contributed by atoms with van der Waals surface area (Å²) >= 11 is 0. The lowest BCUT2D eigenvalue weighted by molar-refractivity contribution is -0.119. The van der Waals surface area contributed by atoms with Crippen LogP contribution < -0.4 is 20.3 Å². The molecule has 6 nitrogen and oxygen atoms in total. The van der Waals surface area contributed by atoms with Crippen molar-refractivity contribution in [1.29, 1.82) is 0 Å². The average Bonchev–Trinajstić information content (AvgIpc) is 2.81. The predicted molar refractivity (Wildman–Crippen MR) is 135 cm³/mol. The van der Waals surface area contributed by atoms with Gasteiger partial charge < -0.3 is 20.3 Å². The molecule has 0 fully saturated rings. The zero-order valence-electron chi connectivity index (χ0n) is 19.8. The number of nitrogens with one attached hydrogen (secondary N) is 2. The molecule has 0 aliphatic heterocycles. The Hall–Kier alpha value is -3.80. The van der Waals surface area contributed by atoms with Crippen molar-refractivity contribution < 1.29 is 14.3 Å². The van der Waals surface area contributed by atoms with Crippen molar-refractivity contribution in [3.05, 3.63) is 72.8 Å². The number of hydrogen-bond acceptors (Lipinski definition) is 4. The third-order valence-corrected chi connectivity index (χ3v) is 5.17. The van der Waals surface area contributed by atoms with Gasteiger partial charge in [0.05, 0.1) is 7.11 Å². The summed E-state index contributed by atoms with van der Waals surface area (Å²) in [5.41, 5.74) is 4.31. The van der Waals surface area contributed by atoms with Gasteiger partial charge in [0.1, 0.15) is 5.75 Å². The minimum atomic E-state index is -0.0878. The lowest BCUT2D eigenvalue weighted by Gasteiger charge is -2.26. The predicted octanol–water partition coefficient (Wildman–Crippen LogP) is 6.35. The van der Waals surface area contributed by atoms with Crippen LogP contribution in [0.5, 0.6) is 5.75 Å². The van der Waals surface area contributed by atoms with Crippen molar-refractivity contribution in [1.82, 2.24) is 0 Å². The highest BCUT2D eigenvalue weighted by Gasteiger charge is 2.14. The summed E-state index contributed by atoms with van der Waals surface area (Å²) in [6.45, 7) is 7.45. The van der Waals surface area contributed by atoms with Crippen LogP contribution in [0.25, 0.3) is 0 Å². The van der Waals surface area contributed by atoms with Crippen molar-refractivity contribution in [2.24, 2.45) is 11.8 Å². The summed E-state index contributed by atoms with van der Waals surface area (Å²) < 4.78 is 5.31. The number of amides is 2. The number of ether oxygens (including phenoxy) is 1. The lowest BCUT2D eigenvalue weighted by Crippen LogP contribution is -2.18. The number of nitrogens with zero attached hydrogens (tertiary/aromatic N) is 1. The van der Waals surface area contributed by atoms with Gasteiger partial charge in [-0.25, -0.2) is 0 Å². The van der Waals surface area contributed by atoms with E-state index in [1.807, 2.05) is 100 Å². The highest BCUT2D eigenvalue weighted by atomic mass is 16.5. The maximum atomic E-state index is 12.0. The second-order valence-corrected chi connectivity index (χ2v) is 8.42. The van der Waals surface area contributed by atoms with Crippen molar-refractivity contribution >= 4 is 40.3 Å². The SMILES string of the molecule is COc1ccc(N(c2ccc(NC(=O)C(C)C)cc2)c2ccc(NC(=O)C(C)C)cc2)cc1. The van der Waals surface area contributed by atoms with E-state index >= 15 is 0 Å². The molecule has 0 saturated carbocycles. The Morgan fingerprint density at radius 3 is 1.27 bits per heavy atom. The highest BCUT2D eigenvalue weighted by molar-refractivity contribution is 5.93. The third-order valence-electron chi connectivity index (χ3n) is 5.17. The molecule has 0 spiro atoms. The van der Waals surface area contributed by atoms with E-state index in [0.29, 0.717) is 0 Å². The number of rotatable bonds is 8. The largest absolute Gasteiger partial charge is 0.497 e. The molecule has 33 heavy (non-hydrogen) atoms. The minimum Gasteiger partial charge on any atom is -0.497 e. The first-order valence-corrected chi connectivity index (χ1v) is 11.0. The van der Waals surface area contributed by atoms with Crippen LogP contribution in [0.1, 0.15) is 27.7 Å². The van der Waals surface area contributed by atoms with Gasteiger partial charge in [-0.15, -0.1) is 0 Å². The number of hydrogen-bond donors (Lipinski definition) is 2. The van der Waals surface area contributed by atoms with E-state index in [2.05, 4.69) is 15.5 Å². The Labute approximate surface area is 195 Å². The summed E-state index contributed by atoms with van der Waals surface area (Å²) in [6, 6.07) is 23.2. The first kappa shape index (κ1) is 23.9. The van der Waals surface area contributed by atoms with E-state index in [1.165, 1.54) is 0 Å². The molecule has 0 atom stereocenters. The maximum absolute atomic E-state index is 12.0. The van der Waals surface area contributed by atoms with Crippen LogP contribution in [0.2, 0.25) is 0 Å². The van der Waals surface area contributed by atoms with Crippen molar-refractivity contribution in [3.63, 3.8) is 0 Å². The zero-order chi connectivity index (χ0) is 24.0. The fourth-order valence-electron chi connectivity index (χ4n) is 3.14. The molecule has 172 valence electrons. The molecule has 3 aromatic rings. The molecule has 0 unspecified atom stereocenters. The van der Waals surface area contributed by atoms with Crippen LogP contribution in [-0.4, -0.2) is 18.9 Å². The van der Waals surface area contributed by atoms with E-state index in [4.69, 9.17) is 4.74 Å². The number of methoxy groups -OCH3 is 1. The maximum Gasteiger partial charge on any atom is 0.226 e. The van der Waals surface area contributed by atoms with Crippen molar-refractivity contribution in [2.75, 3.05) is 22.6 Å². The van der Waals surface area contributed by atoms with Gasteiger partial charge in [0, 0.05) is 40.3 Å². The number of carbonyl (C=O) groups excluding carboxylic acids is 2. The molecular formula is C27H31N3O3. The molecule has 6 heteroatoms. The smallest absolute Gasteiger partial charge is 0.226 e. The van der Waals surface area contributed by atoms with Gasteiger partial charge in [0.15, 0.2) is 0 Å². The molecule has 0 radical (unpaired) electrons. The van der Waals surface area contributed by atoms with Crippen LogP contribution in [0.15, 0.2) is 72.8 Å². The average molecular weight is 446 g/mol. The molecule has 2 N–H and O–H groups in total. The van der Waals surface area contributed by atoms with E-state index in [1.54, 1.807) is 7.11 Å². The van der Waals surface area contributed by atoms with Gasteiger partial charge in [0.2, 0.25) is 11.8 Å². The van der Waals surface area contributed by atoms with Gasteiger partial charge in [-0.2, -0.15) is 0 Å². The lowest BCUT2D eigenvalue weighted by atomic mass is 10.1. The molecule has 0 bridgehead atoms. The molecule has 3 aromatic carbocycles. The summed E-state index contributed by atoms with van der Waals surface area (Å²) in [5.74, 6) is 0.560. The van der Waals surface area contributed by atoms with E-state index < -0.39 is 0 Å². The van der Waals surface area contributed by atoms with Gasteiger partial charge in [-0.1, -0.05) is 27.7 Å². The first-order chi connectivity index (χ1) is 15.8. The minimum absolute atomic E-state index is 0.0196. The van der Waals surface area contributed by atoms with Crippen molar-refractivity contribution in [2.45, 2.75) is 27.7 Å². The fraction of sp³-hybridized carbons (Fsp3) is 0.259. The zero-order valence-corrected chi connectivity index (χ0v) is 19.8. The number of carbonyl (C=O) groups is 2. The third kappa shape index (κ3) is 6.13. The molecule has 0 aliphatic rings. The highest BCUT2D eigenvalue weighted by Crippen LogP contribution is 2.36. The quantitative estimate of drug-likeness (QED) is 0.424. The van der Waals surface area contributed by atoms with Crippen LogP contribution in [0.3, 0.4) is 0 Å². The Balaban J connectivity index is 1.93. The fourth-order valence-corrected chi connectivity index (χ4v) is 3.14. The van der Waals surface area contributed by atoms with Gasteiger partial charge in [0.25, 0.3) is 0 Å². The second kappa shape index (κ2) is 10.7. The first-order valence-electron chi connectivity index (χ1n) is 11.0. The van der Waals surface area contributed by atoms with Crippen LogP contribution in [0, 0.1) is 11.8 Å². The topological polar surface area (TPSA) is 70.7 Å². The number of anilines is 5. The Kier molecular flexibility index (Phi) is 7.72. The molecule has 0 saturated heterocycles. The van der Waals surface area contributed by atoms with Crippen LogP contribution >= 0.6 is 0 Å². The normalized spacial score (nSPS) is 10.8. The van der Waals surface area contributed by atoms with E-state index in [9.17, 15) is 9.59 Å². The summed E-state index contributed by atoms with van der Waals surface area (Å²) in [7, 11) is 1.64. The monoisotopic (exact) mass is 445 g/mol. The Morgan fingerprint density at radius 1 is 0.636 bits per heavy atom. The summed E-state index contributed by atoms with van der Waals surface area (Å²) in [5, 5.41) is 5.85. The Morgan fingerprint density at radius 2 is 0.970 bits per heavy atom. The van der Waals surface area contributed by atoms with Crippen LogP contribution in [-0.2, 0) is 9.59 Å². The molecular weight excluding hydrogens is 414 g/mol. The molecule has 3 rings (SSSR count). The van der Waals surface area contributed by atoms with Crippen LogP contribution in [0.4, 0.5) is 28.4 Å². The Bertz CT molecular complexity index is 1010. The molecule has 2 amide bonds. The van der Waals surface area contributed by atoms with Gasteiger partial charge in [-0.05, 0) is 72.8 Å². The van der Waals surface area contributed by atoms with E-state index in [0.717, 1.165) is 34.2 Å². The summed E-state index contributed by atoms with van der Waals surface area (Å²) in [6.07, 6.45) is 0. The molecule has 0 heterocycles. The van der Waals surface area contributed by atoms with Gasteiger partial charge >= 0.3 is 0 Å². The molecule has 0 aromatic heterocycles. The second-order valence-electron chi connectivity index (χ2n) is 8.42. The standard InChI is InChI=1S/C27H31N3O3/c1-18(2)26(31)28-20-6-10-22(11-7-20)30(24-14-16-25(33-5)17-15-24)23-12-8-21(9-13-23)29-27(32)19(3)4/h6-19H,1-5H3,(H,28,31)(H,29,32). The van der Waals surface area contributed by atoms with Crippen molar-refractivity contribution in [3.8, 4) is 5.75 Å². The number of benzene rings is 3. The molecule has 0 aliphatic carbocycles. The van der Waals surface area contributed by atoms with E-state index in [-0.39, 0.29) is 23.7 Å². The summed E-state index contributed by atoms with van der Waals surface area (Å²) in [4.78, 5) is 26.1.